The number of hydrogen-bond donors (Lipinski definition) is 4. The normalized spacial score (nSPS) is 18.9. The van der Waals surface area contributed by atoms with Gasteiger partial charge in [0.05, 0.1) is 17.8 Å². The van der Waals surface area contributed by atoms with Crippen molar-refractivity contribution in [2.45, 2.75) is 93.3 Å². The number of likely N-dealkylation sites (N-methyl/N-ethyl adjacent to an activating group) is 1. The zero-order valence-electron chi connectivity index (χ0n) is 31.8. The number of nitrogens with two attached hydrogens (primary N) is 2. The predicted octanol–water partition coefficient (Wildman–Crippen LogP) is 5.97. The second-order valence-electron chi connectivity index (χ2n) is 14.4. The summed E-state index contributed by atoms with van der Waals surface area (Å²) in [5, 5.41) is 5.31. The molecule has 12 heteroatoms. The van der Waals surface area contributed by atoms with Crippen molar-refractivity contribution in [1.29, 1.82) is 0 Å². The number of nitrogens with one attached hydrogen (secondary N) is 2. The van der Waals surface area contributed by atoms with Gasteiger partial charge in [0.1, 0.15) is 5.03 Å². The Hall–Kier alpha value is -4.75. The number of unbranched alkanes of at least 4 members (excludes halogenated alkanes) is 1. The number of rotatable bonds is 10. The number of amides is 1. The smallest absolute Gasteiger partial charge is 0.226 e. The van der Waals surface area contributed by atoms with E-state index in [2.05, 4.69) is 15.3 Å². The third-order valence-electron chi connectivity index (χ3n) is 10.6. The van der Waals surface area contributed by atoms with Gasteiger partial charge in [0.15, 0.2) is 11.6 Å². The molecule has 1 aromatic carbocycles. The Kier molecular flexibility index (Phi) is 13.9. The molecular formula is C43H52N8O3S. The molecule has 1 aliphatic heterocycles. The lowest BCUT2D eigenvalue weighted by Crippen LogP contribution is -2.47. The molecule has 0 saturated carbocycles. The lowest BCUT2D eigenvalue weighted by molar-refractivity contribution is -0.143. The van der Waals surface area contributed by atoms with Crippen LogP contribution in [0.1, 0.15) is 67.3 Å². The summed E-state index contributed by atoms with van der Waals surface area (Å²) in [5.74, 6) is -0.885. The maximum atomic E-state index is 14.6. The molecule has 288 valence electrons. The van der Waals surface area contributed by atoms with Crippen molar-refractivity contribution in [3.05, 3.63) is 102 Å². The van der Waals surface area contributed by atoms with Crippen molar-refractivity contribution < 1.29 is 14.4 Å². The van der Waals surface area contributed by atoms with Gasteiger partial charge in [-0.25, -0.2) is 4.98 Å². The van der Waals surface area contributed by atoms with E-state index in [1.807, 2.05) is 80.1 Å². The predicted molar refractivity (Wildman–Crippen MR) is 217 cm³/mol. The summed E-state index contributed by atoms with van der Waals surface area (Å²) < 4.78 is 0. The van der Waals surface area contributed by atoms with E-state index >= 15 is 0 Å². The summed E-state index contributed by atoms with van der Waals surface area (Å²) in [6.07, 6.45) is 11.5. The maximum Gasteiger partial charge on any atom is 0.226 e. The van der Waals surface area contributed by atoms with Crippen molar-refractivity contribution >= 4 is 40.1 Å². The number of para-hydroxylation sites is 1. The number of ketones is 2. The fourth-order valence-corrected chi connectivity index (χ4v) is 8.30. The molecule has 1 aliphatic rings. The molecule has 0 saturated heterocycles. The van der Waals surface area contributed by atoms with E-state index in [-0.39, 0.29) is 30.3 Å². The second kappa shape index (κ2) is 19.2. The molecule has 0 bridgehead atoms. The highest BCUT2D eigenvalue weighted by atomic mass is 32.2. The highest BCUT2D eigenvalue weighted by Gasteiger charge is 2.34. The first-order chi connectivity index (χ1) is 26.7. The summed E-state index contributed by atoms with van der Waals surface area (Å²) in [7, 11) is 1.72. The molecule has 6 N–H and O–H groups in total. The minimum absolute atomic E-state index is 0.0393. The number of benzene rings is 1. The van der Waals surface area contributed by atoms with Gasteiger partial charge in [-0.3, -0.25) is 24.4 Å². The molecule has 5 aromatic rings. The molecule has 1 amide bonds. The molecule has 11 nitrogen and oxygen atoms in total. The van der Waals surface area contributed by atoms with Crippen molar-refractivity contribution in [3.63, 3.8) is 0 Å². The van der Waals surface area contributed by atoms with Crippen LogP contribution in [0.15, 0.2) is 89.3 Å². The van der Waals surface area contributed by atoms with Gasteiger partial charge in [0, 0.05) is 90.6 Å². The number of H-pyrrole nitrogens is 1. The van der Waals surface area contributed by atoms with Crippen molar-refractivity contribution in [3.8, 4) is 11.3 Å². The average molecular weight is 761 g/mol. The van der Waals surface area contributed by atoms with Crippen LogP contribution >= 0.6 is 11.8 Å². The molecule has 0 radical (unpaired) electrons. The van der Waals surface area contributed by atoms with Crippen LogP contribution < -0.4 is 16.8 Å². The number of carbonyl (C=O) groups is 3. The summed E-state index contributed by atoms with van der Waals surface area (Å²) in [4.78, 5) is 63.3. The summed E-state index contributed by atoms with van der Waals surface area (Å²) in [6, 6.07) is 16.6. The number of pyridine rings is 3. The zero-order chi connectivity index (χ0) is 38.7. The maximum absolute atomic E-state index is 14.6. The van der Waals surface area contributed by atoms with Crippen LogP contribution in [0.25, 0.3) is 22.2 Å². The molecule has 55 heavy (non-hydrogen) atoms. The van der Waals surface area contributed by atoms with E-state index in [1.165, 1.54) is 11.8 Å². The van der Waals surface area contributed by atoms with Gasteiger partial charge >= 0.3 is 0 Å². The molecular weight excluding hydrogens is 709 g/mol. The van der Waals surface area contributed by atoms with Gasteiger partial charge in [0.25, 0.3) is 0 Å². The zero-order valence-corrected chi connectivity index (χ0v) is 32.6. The molecule has 5 heterocycles. The first-order valence-electron chi connectivity index (χ1n) is 19.3. The van der Waals surface area contributed by atoms with E-state index in [1.54, 1.807) is 18.1 Å². The SMILES string of the molecule is Cc1ccc(-c2cc3c(cn2)Sc2ncccc2CN[C@@H](CCCN)C(=O)C[C@@H](CCCCN)C(=O)N(C)[C@@H](Cc2c[nH]c4ccccc24)C(=O)CC3)cn1. The minimum Gasteiger partial charge on any atom is -0.361 e. The molecule has 6 rings (SSSR count). The number of aromatic nitrogens is 4. The molecule has 0 fully saturated rings. The number of aromatic amines is 1. The van der Waals surface area contributed by atoms with Crippen LogP contribution in [0.5, 0.6) is 0 Å². The first kappa shape index (κ1) is 39.9. The van der Waals surface area contributed by atoms with Gasteiger partial charge in [-0.05, 0) is 99.1 Å². The van der Waals surface area contributed by atoms with Crippen molar-refractivity contribution in [2.75, 3.05) is 20.1 Å². The number of fused-ring (bicyclic) bond motifs is 3. The number of aryl methyl sites for hydroxylation is 2. The fraction of sp³-hybridized carbons (Fsp3) is 0.395. The average Bonchev–Trinajstić information content (AvgIpc) is 3.61. The lowest BCUT2D eigenvalue weighted by atomic mass is 9.89. The summed E-state index contributed by atoms with van der Waals surface area (Å²) in [6.45, 7) is 3.30. The van der Waals surface area contributed by atoms with Crippen LogP contribution in [0, 0.1) is 12.8 Å². The Bertz CT molecular complexity index is 2080. The Morgan fingerprint density at radius 3 is 2.51 bits per heavy atom. The van der Waals surface area contributed by atoms with Crippen molar-refractivity contribution in [1.82, 2.24) is 30.2 Å². The molecule has 3 atom stereocenters. The quantitative estimate of drug-likeness (QED) is 0.124. The van der Waals surface area contributed by atoms with Gasteiger partial charge in [0.2, 0.25) is 5.91 Å². The van der Waals surface area contributed by atoms with Crippen LogP contribution in [0.2, 0.25) is 0 Å². The summed E-state index contributed by atoms with van der Waals surface area (Å²) >= 11 is 1.50. The van der Waals surface area contributed by atoms with Gasteiger partial charge in [-0.1, -0.05) is 42.4 Å². The van der Waals surface area contributed by atoms with Crippen molar-refractivity contribution in [2.24, 2.45) is 17.4 Å². The third kappa shape index (κ3) is 10.1. The number of carbonyl (C=O) groups excluding carboxylic acids is 3. The molecule has 4 aromatic heterocycles. The van der Waals surface area contributed by atoms with E-state index in [0.29, 0.717) is 58.2 Å². The Morgan fingerprint density at radius 1 is 0.873 bits per heavy atom. The van der Waals surface area contributed by atoms with Gasteiger partial charge < -0.3 is 26.7 Å². The molecule has 0 aliphatic carbocycles. The first-order valence-corrected chi connectivity index (χ1v) is 20.1. The van der Waals surface area contributed by atoms with Crippen LogP contribution in [-0.4, -0.2) is 74.5 Å². The highest BCUT2D eigenvalue weighted by molar-refractivity contribution is 7.99. The third-order valence-corrected chi connectivity index (χ3v) is 11.7. The number of nitrogens with zero attached hydrogens (tertiary/aromatic N) is 4. The van der Waals surface area contributed by atoms with E-state index in [4.69, 9.17) is 21.4 Å². The monoisotopic (exact) mass is 760 g/mol. The molecule has 0 unspecified atom stereocenters. The lowest BCUT2D eigenvalue weighted by Gasteiger charge is -2.31. The standard InChI is InChI=1S/C43H52N8O3S/c1-28-14-15-31(24-47-28)37-21-29-16-17-39(52)38(22-33-26-48-35-12-4-3-11-34(33)35)51(2)43(54)30(9-5-6-18-44)23-40(53)36(13-7-19-45)49-25-32-10-8-20-46-42(32)55-41(29)27-50-37/h3-4,8,10-12,14-15,20-21,24,26-27,30,36,38,48-49H,5-7,9,13,16-19,22-23,25,44-45H2,1-2H3/t30-,36+,38+/m1/s1. The van der Waals surface area contributed by atoms with E-state index in [9.17, 15) is 14.4 Å². The highest BCUT2D eigenvalue weighted by Crippen LogP contribution is 2.34. The Balaban J connectivity index is 1.42. The molecule has 0 spiro atoms. The largest absolute Gasteiger partial charge is 0.361 e. The second-order valence-corrected chi connectivity index (χ2v) is 15.5. The van der Waals surface area contributed by atoms with Crippen LogP contribution in [-0.2, 0) is 33.8 Å². The fourth-order valence-electron chi connectivity index (χ4n) is 7.31. The van der Waals surface area contributed by atoms with Gasteiger partial charge in [-0.2, -0.15) is 0 Å². The van der Waals surface area contributed by atoms with E-state index < -0.39 is 18.0 Å². The topological polar surface area (TPSA) is 173 Å². The summed E-state index contributed by atoms with van der Waals surface area (Å²) in [5.41, 5.74) is 18.1. The van der Waals surface area contributed by atoms with Crippen LogP contribution in [0.3, 0.4) is 0 Å². The van der Waals surface area contributed by atoms with E-state index in [0.717, 1.165) is 60.9 Å². The Labute approximate surface area is 327 Å². The van der Waals surface area contributed by atoms with Crippen LogP contribution in [0.4, 0.5) is 0 Å². The van der Waals surface area contributed by atoms with Gasteiger partial charge in [-0.15, -0.1) is 0 Å². The Morgan fingerprint density at radius 2 is 1.71 bits per heavy atom. The minimum atomic E-state index is -0.748. The number of hydrogen-bond acceptors (Lipinski definition) is 10. The number of Topliss-reactive ketones (excluding diaryl/α,β-unsaturated/α-hetero) is 2.